The van der Waals surface area contributed by atoms with Crippen molar-refractivity contribution < 1.29 is 9.15 Å². The summed E-state index contributed by atoms with van der Waals surface area (Å²) in [6.07, 6.45) is 0. The highest BCUT2D eigenvalue weighted by molar-refractivity contribution is 6.90. The van der Waals surface area contributed by atoms with E-state index in [1.807, 2.05) is 0 Å². The molecule has 11 aromatic carbocycles. The zero-order valence-corrected chi connectivity index (χ0v) is 46.4. The van der Waals surface area contributed by atoms with E-state index in [1.54, 1.807) is 0 Å². The molecule has 0 fully saturated rings. The molecular formula is C75H57BN4O2. The number of aromatic nitrogens is 1. The van der Waals surface area contributed by atoms with Gasteiger partial charge >= 0.3 is 6.85 Å². The van der Waals surface area contributed by atoms with Crippen LogP contribution in [0.1, 0.15) is 51.3 Å². The predicted molar refractivity (Wildman–Crippen MR) is 342 cm³/mol. The summed E-state index contributed by atoms with van der Waals surface area (Å²) in [5, 5.41) is 3.30. The van der Waals surface area contributed by atoms with Crippen LogP contribution < -0.4 is 30.4 Å². The van der Waals surface area contributed by atoms with Gasteiger partial charge in [-0.2, -0.15) is 0 Å². The molecule has 0 bridgehead atoms. The lowest BCUT2D eigenvalue weighted by atomic mass is 9.44. The van der Waals surface area contributed by atoms with Crippen LogP contribution in [0.3, 0.4) is 0 Å². The number of rotatable bonds is 8. The maximum absolute atomic E-state index is 7.43. The zero-order valence-electron chi connectivity index (χ0n) is 46.4. The second-order valence-electron chi connectivity index (χ2n) is 23.7. The van der Waals surface area contributed by atoms with Crippen LogP contribution in [0.25, 0.3) is 55.2 Å². The van der Waals surface area contributed by atoms with Gasteiger partial charge in [0.15, 0.2) is 5.71 Å². The highest BCUT2D eigenvalue weighted by Crippen LogP contribution is 2.56. The Labute approximate surface area is 478 Å². The Balaban J connectivity index is 1.09. The summed E-state index contributed by atoms with van der Waals surface area (Å²) < 4.78 is 17.2. The van der Waals surface area contributed by atoms with Crippen LogP contribution in [0.4, 0.5) is 51.2 Å². The van der Waals surface area contributed by atoms with Crippen molar-refractivity contribution in [2.24, 2.45) is 0 Å². The number of ether oxygens (including phenoxy) is 1. The summed E-state index contributed by atoms with van der Waals surface area (Å²) >= 11 is 0. The van der Waals surface area contributed by atoms with Crippen molar-refractivity contribution in [3.63, 3.8) is 0 Å². The Bertz CT molecular complexity index is 4600. The minimum Gasteiger partial charge on any atom is -0.457 e. The number of hydrogen-bond acceptors (Lipinski definition) is 5. The molecule has 0 amide bonds. The van der Waals surface area contributed by atoms with E-state index in [0.717, 1.165) is 135 Å². The molecule has 0 atom stereocenters. The van der Waals surface area contributed by atoms with Crippen molar-refractivity contribution in [3.8, 4) is 33.8 Å². The molecule has 0 aliphatic carbocycles. The number of fused-ring (bicyclic) bond motifs is 11. The first kappa shape index (κ1) is 48.0. The molecule has 0 spiro atoms. The van der Waals surface area contributed by atoms with Crippen molar-refractivity contribution in [3.05, 3.63) is 271 Å². The Kier molecular flexibility index (Phi) is 10.5. The van der Waals surface area contributed by atoms with Gasteiger partial charge in [-0.3, -0.25) is 0 Å². The molecule has 82 heavy (non-hydrogen) atoms. The maximum Gasteiger partial charge on any atom is 0.336 e. The minimum absolute atomic E-state index is 0.110. The molecule has 0 unspecified atom stereocenters. The van der Waals surface area contributed by atoms with E-state index in [2.05, 4.69) is 309 Å². The van der Waals surface area contributed by atoms with Crippen molar-refractivity contribution in [1.29, 1.82) is 0 Å². The number of nitrogens with zero attached hydrogens (tertiary/aromatic N) is 4. The normalized spacial score (nSPS) is 13.6. The zero-order chi connectivity index (χ0) is 55.0. The molecule has 0 N–H and O–H groups in total. The third-order valence-corrected chi connectivity index (χ3v) is 17.5. The average Bonchev–Trinajstić information content (AvgIpc) is 2.39. The lowest BCUT2D eigenvalue weighted by Gasteiger charge is -2.43. The molecule has 16 rings (SSSR count). The van der Waals surface area contributed by atoms with Crippen LogP contribution in [-0.2, 0) is 10.8 Å². The molecular weight excluding hydrogens is 1000 g/mol. The van der Waals surface area contributed by atoms with Gasteiger partial charge in [0, 0.05) is 89.8 Å². The number of para-hydroxylation sites is 6. The largest absolute Gasteiger partial charge is 0.457 e. The SMILES string of the molecule is CC(C)(C)c1ccc(N2c3cc4c(cc3B3c5c(cc(N(c6ccccc6)c6ccccc6)cc52)-c2ccc(N(c5ccccc5)c5ccccc5)c5c6c7ccccc7oc6n3c25)C(C)(C)c2ccccc2O4)c(-c2ccccc2)c1. The van der Waals surface area contributed by atoms with Gasteiger partial charge in [0.05, 0.1) is 16.8 Å². The second-order valence-corrected chi connectivity index (χ2v) is 23.7. The average molecular weight is 1060 g/mol. The summed E-state index contributed by atoms with van der Waals surface area (Å²) in [4.78, 5) is 7.41. The Morgan fingerprint density at radius 2 is 1.05 bits per heavy atom. The first-order valence-corrected chi connectivity index (χ1v) is 28.5. The summed E-state index contributed by atoms with van der Waals surface area (Å²) in [5.74, 6) is 1.73. The van der Waals surface area contributed by atoms with Gasteiger partial charge in [-0.1, -0.05) is 192 Å². The second kappa shape index (κ2) is 18.0. The topological polar surface area (TPSA) is 37.0 Å². The van der Waals surface area contributed by atoms with Crippen molar-refractivity contribution in [2.45, 2.75) is 45.4 Å². The summed E-state index contributed by atoms with van der Waals surface area (Å²) in [6, 6.07) is 92.9. The van der Waals surface area contributed by atoms with E-state index in [-0.39, 0.29) is 12.3 Å². The summed E-state index contributed by atoms with van der Waals surface area (Å²) in [6.45, 7) is 11.3. The third-order valence-electron chi connectivity index (χ3n) is 17.5. The highest BCUT2D eigenvalue weighted by Gasteiger charge is 2.47. The van der Waals surface area contributed by atoms with Gasteiger partial charge in [0.1, 0.15) is 17.1 Å². The number of hydrogen-bond donors (Lipinski definition) is 0. The number of anilines is 9. The number of benzene rings is 11. The molecule has 0 saturated carbocycles. The fourth-order valence-corrected chi connectivity index (χ4v) is 13.7. The van der Waals surface area contributed by atoms with Crippen LogP contribution >= 0.6 is 0 Å². The molecule has 392 valence electrons. The van der Waals surface area contributed by atoms with Crippen LogP contribution in [0, 0.1) is 0 Å². The molecule has 7 heteroatoms. The molecule has 2 aromatic heterocycles. The molecule has 6 nitrogen and oxygen atoms in total. The summed E-state index contributed by atoms with van der Waals surface area (Å²) in [5.41, 5.74) is 22.4. The van der Waals surface area contributed by atoms with Crippen LogP contribution in [0.5, 0.6) is 11.5 Å². The molecule has 0 radical (unpaired) electrons. The maximum atomic E-state index is 7.43. The van der Waals surface area contributed by atoms with E-state index < -0.39 is 5.41 Å². The quantitative estimate of drug-likeness (QED) is 0.142. The fourth-order valence-electron chi connectivity index (χ4n) is 13.7. The molecule has 0 saturated heterocycles. The van der Waals surface area contributed by atoms with Crippen LogP contribution in [0.2, 0.25) is 0 Å². The van der Waals surface area contributed by atoms with Gasteiger partial charge in [0.25, 0.3) is 0 Å². The smallest absolute Gasteiger partial charge is 0.336 e. The molecule has 3 aliphatic rings. The van der Waals surface area contributed by atoms with Crippen LogP contribution in [-0.4, -0.2) is 11.3 Å². The van der Waals surface area contributed by atoms with E-state index >= 15 is 0 Å². The standard InChI is InChI=1S/C75H57BN4O2/c1-74(2,3)49-39-41-62(57(43-49)48-25-11-6-12-26-48)79-64-47-68-60(75(4,5)59-36-22-24-38-67(59)81-68)46-61(64)76-71-58(44-54(45-65(71)79)77(50-27-13-7-14-28-50)51-29-15-8-16-30-51)55-40-42-63(78(52-31-17-9-18-32-52)53-33-19-10-20-34-53)70-69-56-35-21-23-37-66(56)82-73(69)80(76)72(55)70/h6-47H,1-5H3. The Hall–Kier alpha value is -9.98. The van der Waals surface area contributed by atoms with Gasteiger partial charge < -0.3 is 28.3 Å². The van der Waals surface area contributed by atoms with E-state index in [4.69, 9.17) is 9.15 Å². The summed E-state index contributed by atoms with van der Waals surface area (Å²) in [7, 11) is 0. The van der Waals surface area contributed by atoms with Gasteiger partial charge in [-0.25, -0.2) is 0 Å². The van der Waals surface area contributed by atoms with Gasteiger partial charge in [-0.05, 0) is 124 Å². The van der Waals surface area contributed by atoms with E-state index in [1.165, 1.54) is 11.0 Å². The van der Waals surface area contributed by atoms with Gasteiger partial charge in [-0.15, -0.1) is 0 Å². The molecule has 3 aliphatic heterocycles. The molecule has 13 aromatic rings. The lowest BCUT2D eigenvalue weighted by Crippen LogP contribution is -2.57. The fraction of sp³-hybridized carbons (Fsp3) is 0.0933. The van der Waals surface area contributed by atoms with E-state index in [0.29, 0.717) is 0 Å². The first-order valence-electron chi connectivity index (χ1n) is 28.5. The lowest BCUT2D eigenvalue weighted by molar-refractivity contribution is 0.418. The highest BCUT2D eigenvalue weighted by atomic mass is 16.5. The monoisotopic (exact) mass is 1060 g/mol. The van der Waals surface area contributed by atoms with Crippen molar-refractivity contribution in [2.75, 3.05) is 14.7 Å². The van der Waals surface area contributed by atoms with E-state index in [9.17, 15) is 0 Å². The third kappa shape index (κ3) is 7.15. The predicted octanol–water partition coefficient (Wildman–Crippen LogP) is 19.3. The minimum atomic E-state index is -0.404. The van der Waals surface area contributed by atoms with Crippen molar-refractivity contribution in [1.82, 2.24) is 4.48 Å². The Morgan fingerprint density at radius 3 is 1.71 bits per heavy atom. The van der Waals surface area contributed by atoms with Crippen molar-refractivity contribution >= 4 is 102 Å². The molecule has 5 heterocycles. The van der Waals surface area contributed by atoms with Crippen LogP contribution in [0.15, 0.2) is 259 Å². The number of furan rings is 1. The van der Waals surface area contributed by atoms with Gasteiger partial charge in [0.2, 0.25) is 0 Å². The Morgan fingerprint density at radius 1 is 0.451 bits per heavy atom. The first-order chi connectivity index (χ1) is 40.1.